The van der Waals surface area contributed by atoms with Gasteiger partial charge < -0.3 is 10.1 Å². The van der Waals surface area contributed by atoms with Gasteiger partial charge >= 0.3 is 0 Å². The highest BCUT2D eigenvalue weighted by molar-refractivity contribution is 5.89. The molecule has 7 nitrogen and oxygen atoms in total. The summed E-state index contributed by atoms with van der Waals surface area (Å²) in [4.78, 5) is 18.6. The molecule has 7 heteroatoms. The molecule has 2 aromatic heterocycles. The topological polar surface area (TPSA) is 71.8 Å². The molecule has 5 rings (SSSR count). The van der Waals surface area contributed by atoms with Crippen LogP contribution in [0.25, 0.3) is 16.9 Å². The number of nitrogens with zero attached hydrogens (tertiary/aromatic N) is 4. The van der Waals surface area contributed by atoms with E-state index in [0.29, 0.717) is 6.42 Å². The molecular weight excluding hydrogens is 426 g/mol. The Kier molecular flexibility index (Phi) is 6.53. The molecule has 2 aromatic carbocycles. The van der Waals surface area contributed by atoms with Gasteiger partial charge in [-0.25, -0.2) is 9.50 Å². The van der Waals surface area contributed by atoms with Gasteiger partial charge in [-0.3, -0.25) is 9.69 Å². The van der Waals surface area contributed by atoms with Gasteiger partial charge in [-0.2, -0.15) is 5.10 Å². The van der Waals surface area contributed by atoms with Crippen LogP contribution in [0.1, 0.15) is 31.2 Å². The summed E-state index contributed by atoms with van der Waals surface area (Å²) < 4.78 is 7.78. The molecule has 174 valence electrons. The molecule has 0 saturated carbocycles. The second-order valence-electron chi connectivity index (χ2n) is 8.69. The van der Waals surface area contributed by atoms with E-state index >= 15 is 0 Å². The smallest absolute Gasteiger partial charge is 0.221 e. The number of hydrogen-bond acceptors (Lipinski definition) is 5. The van der Waals surface area contributed by atoms with Crippen LogP contribution in [0.5, 0.6) is 5.75 Å². The van der Waals surface area contributed by atoms with Crippen molar-refractivity contribution in [2.24, 2.45) is 0 Å². The Labute approximate surface area is 199 Å². The minimum absolute atomic E-state index is 0.0959. The van der Waals surface area contributed by atoms with Crippen molar-refractivity contribution in [2.75, 3.05) is 31.6 Å². The van der Waals surface area contributed by atoms with Gasteiger partial charge in [0.05, 0.1) is 5.69 Å². The van der Waals surface area contributed by atoms with Crippen LogP contribution in [-0.2, 0) is 11.2 Å². The summed E-state index contributed by atoms with van der Waals surface area (Å²) in [6.45, 7) is 5.60. The Morgan fingerprint density at radius 2 is 1.82 bits per heavy atom. The predicted octanol–water partition coefficient (Wildman–Crippen LogP) is 4.42. The summed E-state index contributed by atoms with van der Waals surface area (Å²) in [7, 11) is 0. The number of ether oxygens (including phenoxy) is 1. The quantitative estimate of drug-likeness (QED) is 0.426. The normalized spacial score (nSPS) is 13.9. The first-order chi connectivity index (χ1) is 16.6. The van der Waals surface area contributed by atoms with Crippen molar-refractivity contribution in [3.63, 3.8) is 0 Å². The second-order valence-corrected chi connectivity index (χ2v) is 8.69. The van der Waals surface area contributed by atoms with Crippen LogP contribution in [0.15, 0.2) is 66.7 Å². The fourth-order valence-electron chi connectivity index (χ4n) is 4.39. The maximum atomic E-state index is 11.4. The van der Waals surface area contributed by atoms with Crippen LogP contribution in [0.4, 0.5) is 5.69 Å². The lowest BCUT2D eigenvalue weighted by Gasteiger charge is -2.14. The molecule has 1 N–H and O–H groups in total. The van der Waals surface area contributed by atoms with E-state index in [9.17, 15) is 4.79 Å². The number of likely N-dealkylation sites (tertiary alicyclic amines) is 1. The van der Waals surface area contributed by atoms with Crippen molar-refractivity contribution in [3.8, 4) is 17.0 Å². The molecule has 1 fully saturated rings. The second kappa shape index (κ2) is 10.1. The Bertz CT molecular complexity index is 1280. The van der Waals surface area contributed by atoms with Gasteiger partial charge in [0.15, 0.2) is 11.5 Å². The predicted molar refractivity (Wildman–Crippen MR) is 133 cm³/mol. The minimum Gasteiger partial charge on any atom is -0.492 e. The summed E-state index contributed by atoms with van der Waals surface area (Å²) in [6, 6.07) is 21.9. The van der Waals surface area contributed by atoms with Gasteiger partial charge in [0, 0.05) is 31.1 Å². The number of carbonyl (C=O) groups excluding carboxylic acids is 1. The third kappa shape index (κ3) is 5.26. The molecule has 0 atom stereocenters. The number of rotatable bonds is 8. The van der Waals surface area contributed by atoms with Gasteiger partial charge in [0.2, 0.25) is 5.91 Å². The van der Waals surface area contributed by atoms with Crippen molar-refractivity contribution in [2.45, 2.75) is 26.2 Å². The first-order valence-electron chi connectivity index (χ1n) is 11.8. The number of nitrogens with one attached hydrogen (secondary N) is 1. The number of benzene rings is 2. The van der Waals surface area contributed by atoms with E-state index in [1.807, 2.05) is 59.1 Å². The first kappa shape index (κ1) is 22.1. The summed E-state index contributed by atoms with van der Waals surface area (Å²) in [5.41, 5.74) is 4.57. The van der Waals surface area contributed by atoms with Crippen LogP contribution < -0.4 is 10.1 Å². The highest BCUT2D eigenvalue weighted by atomic mass is 16.5. The number of carbonyl (C=O) groups is 1. The average Bonchev–Trinajstić information content (AvgIpc) is 3.49. The summed E-state index contributed by atoms with van der Waals surface area (Å²) in [5.74, 6) is 1.56. The lowest BCUT2D eigenvalue weighted by atomic mass is 10.1. The largest absolute Gasteiger partial charge is 0.492 e. The number of fused-ring (bicyclic) bond motifs is 1. The molecule has 0 bridgehead atoms. The summed E-state index contributed by atoms with van der Waals surface area (Å²) in [6.07, 6.45) is 3.24. The van der Waals surface area contributed by atoms with Gasteiger partial charge in [-0.1, -0.05) is 30.3 Å². The van der Waals surface area contributed by atoms with Gasteiger partial charge in [-0.05, 0) is 67.9 Å². The van der Waals surface area contributed by atoms with E-state index in [1.165, 1.54) is 32.9 Å². The van der Waals surface area contributed by atoms with Crippen LogP contribution in [0, 0.1) is 0 Å². The molecule has 0 spiro atoms. The molecule has 1 amide bonds. The van der Waals surface area contributed by atoms with Crippen molar-refractivity contribution >= 4 is 17.2 Å². The van der Waals surface area contributed by atoms with Crippen molar-refractivity contribution < 1.29 is 9.53 Å². The van der Waals surface area contributed by atoms with Gasteiger partial charge in [-0.15, -0.1) is 0 Å². The SMILES string of the molecule is CC(=O)Nc1cccc(-c2cccc3nc(Cc4ccc(OCCN5CCCC5)cc4)nn23)c1. The summed E-state index contributed by atoms with van der Waals surface area (Å²) in [5, 5.41) is 7.61. The zero-order chi connectivity index (χ0) is 23.3. The van der Waals surface area contributed by atoms with Crippen LogP contribution in [0.3, 0.4) is 0 Å². The first-order valence-corrected chi connectivity index (χ1v) is 11.8. The number of amides is 1. The molecule has 3 heterocycles. The average molecular weight is 456 g/mol. The van der Waals surface area contributed by atoms with Gasteiger partial charge in [0.25, 0.3) is 0 Å². The monoisotopic (exact) mass is 455 g/mol. The van der Waals surface area contributed by atoms with E-state index in [2.05, 4.69) is 22.3 Å². The molecule has 0 unspecified atom stereocenters. The van der Waals surface area contributed by atoms with E-state index in [0.717, 1.165) is 52.9 Å². The molecule has 4 aromatic rings. The zero-order valence-corrected chi connectivity index (χ0v) is 19.4. The number of pyridine rings is 1. The Morgan fingerprint density at radius 1 is 1.03 bits per heavy atom. The summed E-state index contributed by atoms with van der Waals surface area (Å²) >= 11 is 0. The van der Waals surface area contributed by atoms with Crippen molar-refractivity contribution in [3.05, 3.63) is 78.1 Å². The van der Waals surface area contributed by atoms with E-state index in [1.54, 1.807) is 0 Å². The number of anilines is 1. The molecule has 0 aliphatic carbocycles. The third-order valence-corrected chi connectivity index (χ3v) is 6.04. The van der Waals surface area contributed by atoms with E-state index < -0.39 is 0 Å². The van der Waals surface area contributed by atoms with Crippen molar-refractivity contribution in [1.29, 1.82) is 0 Å². The fourth-order valence-corrected chi connectivity index (χ4v) is 4.39. The number of aromatic nitrogens is 3. The lowest BCUT2D eigenvalue weighted by molar-refractivity contribution is -0.114. The third-order valence-electron chi connectivity index (χ3n) is 6.04. The Morgan fingerprint density at radius 3 is 2.62 bits per heavy atom. The molecular formula is C27H29N5O2. The van der Waals surface area contributed by atoms with Crippen LogP contribution >= 0.6 is 0 Å². The zero-order valence-electron chi connectivity index (χ0n) is 19.4. The molecule has 34 heavy (non-hydrogen) atoms. The minimum atomic E-state index is -0.0959. The maximum Gasteiger partial charge on any atom is 0.221 e. The molecule has 1 aliphatic heterocycles. The Hall–Kier alpha value is -3.71. The lowest BCUT2D eigenvalue weighted by Crippen LogP contribution is -2.25. The highest BCUT2D eigenvalue weighted by Crippen LogP contribution is 2.24. The van der Waals surface area contributed by atoms with E-state index in [-0.39, 0.29) is 5.91 Å². The van der Waals surface area contributed by atoms with Crippen LogP contribution in [0.2, 0.25) is 0 Å². The fraction of sp³-hybridized carbons (Fsp3) is 0.296. The Balaban J connectivity index is 1.28. The van der Waals surface area contributed by atoms with Gasteiger partial charge in [0.1, 0.15) is 12.4 Å². The van der Waals surface area contributed by atoms with Crippen molar-refractivity contribution in [1.82, 2.24) is 19.5 Å². The van der Waals surface area contributed by atoms with E-state index in [4.69, 9.17) is 14.8 Å². The standard InChI is InChI=1S/C27H29N5O2/c1-20(33)28-23-7-4-6-22(19-23)25-8-5-9-27-29-26(30-32(25)27)18-21-10-12-24(13-11-21)34-17-16-31-14-2-3-15-31/h4-13,19H,2-3,14-18H2,1H3,(H,28,33). The van der Waals surface area contributed by atoms with Crippen LogP contribution in [-0.4, -0.2) is 51.6 Å². The number of hydrogen-bond donors (Lipinski definition) is 1. The highest BCUT2D eigenvalue weighted by Gasteiger charge is 2.12. The molecule has 1 aliphatic rings. The molecule has 1 saturated heterocycles. The molecule has 0 radical (unpaired) electrons. The maximum absolute atomic E-state index is 11.4.